The van der Waals surface area contributed by atoms with Gasteiger partial charge in [0.05, 0.1) is 5.71 Å². The van der Waals surface area contributed by atoms with E-state index >= 15 is 0 Å². The van der Waals surface area contributed by atoms with Crippen molar-refractivity contribution < 1.29 is 4.84 Å². The quantitative estimate of drug-likeness (QED) is 0.214. The van der Waals surface area contributed by atoms with Crippen LogP contribution in [0.5, 0.6) is 0 Å². The van der Waals surface area contributed by atoms with Crippen molar-refractivity contribution in [2.45, 2.75) is 39.2 Å². The first-order chi connectivity index (χ1) is 10.2. The molecule has 0 spiro atoms. The number of allylic oxidation sites excluding steroid dienone is 2. The fourth-order valence-corrected chi connectivity index (χ4v) is 2.16. The van der Waals surface area contributed by atoms with E-state index in [2.05, 4.69) is 27.8 Å². The van der Waals surface area contributed by atoms with Crippen LogP contribution in [0.4, 0.5) is 0 Å². The van der Waals surface area contributed by atoms with E-state index in [0.29, 0.717) is 24.1 Å². The molecule has 0 aromatic carbocycles. The molecular weight excluding hydrogens is 266 g/mol. The molecule has 6 heteroatoms. The Hall–Kier alpha value is -1.66. The van der Waals surface area contributed by atoms with E-state index in [-0.39, 0.29) is 0 Å². The molecular formula is C15H27N5O. The van der Waals surface area contributed by atoms with Gasteiger partial charge in [-0.1, -0.05) is 0 Å². The van der Waals surface area contributed by atoms with Crippen LogP contribution < -0.4 is 16.1 Å². The number of hydrogen-bond donors (Lipinski definition) is 4. The molecule has 0 saturated carbocycles. The Morgan fingerprint density at radius 2 is 2.38 bits per heavy atom. The lowest BCUT2D eigenvalue weighted by Crippen LogP contribution is -2.27. The topological polar surface area (TPSA) is 81.5 Å². The van der Waals surface area contributed by atoms with Crippen molar-refractivity contribution in [3.05, 3.63) is 23.7 Å². The van der Waals surface area contributed by atoms with Gasteiger partial charge >= 0.3 is 0 Å². The van der Waals surface area contributed by atoms with Gasteiger partial charge in [0.2, 0.25) is 0 Å². The van der Waals surface area contributed by atoms with Crippen LogP contribution in [0.25, 0.3) is 0 Å². The number of aliphatic imine (C=N–C) groups is 1. The molecule has 1 atom stereocenters. The molecule has 0 aromatic heterocycles. The fourth-order valence-electron chi connectivity index (χ4n) is 2.16. The third-order valence-electron chi connectivity index (χ3n) is 3.40. The van der Waals surface area contributed by atoms with Crippen LogP contribution in [0, 0.1) is 5.41 Å². The highest BCUT2D eigenvalue weighted by molar-refractivity contribution is 6.06. The fraction of sp³-hybridized carbons (Fsp3) is 0.600. The molecule has 118 valence electrons. The number of nitrogens with zero attached hydrogens (tertiary/aromatic N) is 1. The van der Waals surface area contributed by atoms with Crippen molar-refractivity contribution >= 4 is 12.4 Å². The summed E-state index contributed by atoms with van der Waals surface area (Å²) in [5.41, 5.74) is 3.79. The maximum absolute atomic E-state index is 7.97. The van der Waals surface area contributed by atoms with Crippen LogP contribution >= 0.6 is 0 Å². The molecule has 1 aliphatic heterocycles. The molecule has 0 aromatic rings. The maximum Gasteiger partial charge on any atom is 0.130 e. The number of rotatable bonds is 10. The number of hydrogen-bond acceptors (Lipinski definition) is 6. The van der Waals surface area contributed by atoms with Gasteiger partial charge in [-0.3, -0.25) is 0 Å². The summed E-state index contributed by atoms with van der Waals surface area (Å²) < 4.78 is 0. The summed E-state index contributed by atoms with van der Waals surface area (Å²) >= 11 is 0. The van der Waals surface area contributed by atoms with Crippen molar-refractivity contribution in [2.24, 2.45) is 4.99 Å². The van der Waals surface area contributed by atoms with Gasteiger partial charge < -0.3 is 20.9 Å². The number of nitrogens with one attached hydrogen (secondary N) is 4. The molecule has 0 unspecified atom stereocenters. The Labute approximate surface area is 127 Å². The molecule has 0 aliphatic carbocycles. The highest BCUT2D eigenvalue weighted by Crippen LogP contribution is 2.09. The average Bonchev–Trinajstić information content (AvgIpc) is 3.00. The monoisotopic (exact) mass is 293 g/mol. The summed E-state index contributed by atoms with van der Waals surface area (Å²) in [6.45, 7) is 10.0. The van der Waals surface area contributed by atoms with E-state index in [1.165, 1.54) is 19.1 Å². The molecule has 0 amide bonds. The van der Waals surface area contributed by atoms with Gasteiger partial charge in [0.15, 0.2) is 0 Å². The predicted molar refractivity (Wildman–Crippen MR) is 87.5 cm³/mol. The van der Waals surface area contributed by atoms with Crippen molar-refractivity contribution in [3.8, 4) is 0 Å². The normalized spacial score (nSPS) is 19.4. The van der Waals surface area contributed by atoms with Gasteiger partial charge in [-0.15, -0.1) is 0 Å². The van der Waals surface area contributed by atoms with Crippen LogP contribution in [0.2, 0.25) is 0 Å². The van der Waals surface area contributed by atoms with Gasteiger partial charge in [-0.25, -0.2) is 4.99 Å². The second-order valence-electron chi connectivity index (χ2n) is 4.97. The van der Waals surface area contributed by atoms with E-state index in [0.717, 1.165) is 25.1 Å². The minimum absolute atomic E-state index is 0.349. The molecule has 6 nitrogen and oxygen atoms in total. The van der Waals surface area contributed by atoms with Crippen LogP contribution in [-0.2, 0) is 4.84 Å². The van der Waals surface area contributed by atoms with Crippen molar-refractivity contribution in [1.29, 1.82) is 5.41 Å². The molecule has 0 radical (unpaired) electrons. The third-order valence-corrected chi connectivity index (χ3v) is 3.40. The van der Waals surface area contributed by atoms with Gasteiger partial charge in [-0.05, 0) is 46.4 Å². The Balaban J connectivity index is 2.43. The van der Waals surface area contributed by atoms with Crippen LogP contribution in [0.1, 0.15) is 33.1 Å². The summed E-state index contributed by atoms with van der Waals surface area (Å²) in [5.74, 6) is 0.658. The highest BCUT2D eigenvalue weighted by atomic mass is 16.6. The zero-order valence-corrected chi connectivity index (χ0v) is 13.0. The predicted octanol–water partition coefficient (Wildman–Crippen LogP) is 1.72. The Morgan fingerprint density at radius 3 is 3.00 bits per heavy atom. The van der Waals surface area contributed by atoms with E-state index in [1.807, 2.05) is 13.8 Å². The van der Waals surface area contributed by atoms with Gasteiger partial charge in [0.1, 0.15) is 12.1 Å². The minimum atomic E-state index is 0.349. The summed E-state index contributed by atoms with van der Waals surface area (Å²) in [5, 5.41) is 14.7. The lowest BCUT2D eigenvalue weighted by atomic mass is 10.1. The minimum Gasteiger partial charge on any atom is -0.416 e. The molecule has 1 saturated heterocycles. The Morgan fingerprint density at radius 1 is 1.57 bits per heavy atom. The second kappa shape index (κ2) is 10.1. The largest absolute Gasteiger partial charge is 0.416 e. The lowest BCUT2D eigenvalue weighted by molar-refractivity contribution is 0.140. The van der Waals surface area contributed by atoms with Crippen LogP contribution in [0.15, 0.2) is 28.7 Å². The van der Waals surface area contributed by atoms with Crippen molar-refractivity contribution in [2.75, 3.05) is 19.6 Å². The maximum atomic E-state index is 7.97. The van der Waals surface area contributed by atoms with Crippen LogP contribution in [-0.4, -0.2) is 38.1 Å². The van der Waals surface area contributed by atoms with E-state index in [1.54, 1.807) is 6.08 Å². The molecule has 1 heterocycles. The zero-order valence-electron chi connectivity index (χ0n) is 13.0. The van der Waals surface area contributed by atoms with E-state index < -0.39 is 0 Å². The molecule has 1 rings (SSSR count). The summed E-state index contributed by atoms with van der Waals surface area (Å²) in [6, 6.07) is 0.594. The average molecular weight is 293 g/mol. The first-order valence-corrected chi connectivity index (χ1v) is 7.47. The smallest absolute Gasteiger partial charge is 0.130 e. The number of hydroxylamine groups is 1. The van der Waals surface area contributed by atoms with Gasteiger partial charge in [0, 0.05) is 30.8 Å². The van der Waals surface area contributed by atoms with Gasteiger partial charge in [0.25, 0.3) is 0 Å². The lowest BCUT2D eigenvalue weighted by Gasteiger charge is -2.13. The summed E-state index contributed by atoms with van der Waals surface area (Å²) in [4.78, 5) is 8.98. The molecule has 21 heavy (non-hydrogen) atoms. The molecule has 1 fully saturated rings. The van der Waals surface area contributed by atoms with E-state index in [4.69, 9.17) is 10.2 Å². The van der Waals surface area contributed by atoms with Crippen molar-refractivity contribution in [3.63, 3.8) is 0 Å². The summed E-state index contributed by atoms with van der Waals surface area (Å²) in [7, 11) is 0. The molecule has 0 bridgehead atoms. The highest BCUT2D eigenvalue weighted by Gasteiger charge is 2.13. The second-order valence-corrected chi connectivity index (χ2v) is 4.97. The molecule has 1 aliphatic rings. The van der Waals surface area contributed by atoms with Crippen LogP contribution in [0.3, 0.4) is 0 Å². The van der Waals surface area contributed by atoms with Gasteiger partial charge in [-0.2, -0.15) is 5.48 Å². The molecule has 4 N–H and O–H groups in total. The first-order valence-electron chi connectivity index (χ1n) is 7.47. The zero-order chi connectivity index (χ0) is 15.5. The first kappa shape index (κ1) is 17.4. The summed E-state index contributed by atoms with van der Waals surface area (Å²) in [6.07, 6.45) is 6.59. The Bertz CT molecular complexity index is 397. The van der Waals surface area contributed by atoms with Crippen molar-refractivity contribution in [1.82, 2.24) is 16.1 Å². The third kappa shape index (κ3) is 6.55. The SMILES string of the molecule is C=N/C(NCC[C@H]1CCCN1)=C(/C)C(=N)/C=C/ONCC. The Kier molecular flexibility index (Phi) is 8.38. The standard InChI is InChI=1S/C15H27N5O/c1-4-20-21-11-8-14(16)12(2)15(17-3)19-10-7-13-6-5-9-18-13/h8,11,13,16,18-20H,3-7,9-10H2,1-2H3/b11-8+,15-12+,16-14?/t13-/m1/s1. The van der Waals surface area contributed by atoms with E-state index in [9.17, 15) is 0 Å².